The van der Waals surface area contributed by atoms with Crippen LogP contribution < -0.4 is 5.32 Å². The lowest BCUT2D eigenvalue weighted by Gasteiger charge is -2.35. The Balaban J connectivity index is 1.59. The molecule has 1 N–H and O–H groups in total. The molecule has 6 heteroatoms. The number of morpholine rings is 1. The summed E-state index contributed by atoms with van der Waals surface area (Å²) in [6.07, 6.45) is 1.38. The van der Waals surface area contributed by atoms with Gasteiger partial charge in [0.25, 0.3) is 5.91 Å². The summed E-state index contributed by atoms with van der Waals surface area (Å²) in [4.78, 5) is 28.4. The van der Waals surface area contributed by atoms with Gasteiger partial charge >= 0.3 is 0 Å². The van der Waals surface area contributed by atoms with Crippen LogP contribution in [0, 0.1) is 6.92 Å². The van der Waals surface area contributed by atoms with Crippen molar-refractivity contribution < 1.29 is 14.3 Å². The van der Waals surface area contributed by atoms with Crippen molar-refractivity contribution >= 4 is 23.2 Å². The van der Waals surface area contributed by atoms with Gasteiger partial charge in [0, 0.05) is 10.9 Å². The highest BCUT2D eigenvalue weighted by molar-refractivity contribution is 7.10. The molecule has 0 bridgehead atoms. The van der Waals surface area contributed by atoms with Crippen molar-refractivity contribution in [3.05, 3.63) is 57.8 Å². The van der Waals surface area contributed by atoms with E-state index in [4.69, 9.17) is 4.74 Å². The smallest absolute Gasteiger partial charge is 0.254 e. The maximum atomic E-state index is 13.4. The second-order valence-corrected chi connectivity index (χ2v) is 7.91. The van der Waals surface area contributed by atoms with Crippen molar-refractivity contribution in [1.29, 1.82) is 0 Å². The van der Waals surface area contributed by atoms with Crippen LogP contribution in [0.2, 0.25) is 0 Å². The van der Waals surface area contributed by atoms with E-state index >= 15 is 0 Å². The molecule has 0 spiro atoms. The van der Waals surface area contributed by atoms with Gasteiger partial charge in [-0.1, -0.05) is 30.3 Å². The fraction of sp³-hybridized carbons (Fsp3) is 0.400. The monoisotopic (exact) mass is 370 g/mol. The maximum Gasteiger partial charge on any atom is 0.254 e. The van der Waals surface area contributed by atoms with E-state index in [2.05, 4.69) is 23.7 Å². The van der Waals surface area contributed by atoms with Gasteiger partial charge in [0.15, 0.2) is 6.10 Å². The minimum atomic E-state index is -0.684. The molecular weight excluding hydrogens is 348 g/mol. The molecule has 1 saturated carbocycles. The molecule has 136 valence electrons. The summed E-state index contributed by atoms with van der Waals surface area (Å²) in [6.45, 7) is 2.62. The largest absolute Gasteiger partial charge is 0.356 e. The van der Waals surface area contributed by atoms with E-state index in [-0.39, 0.29) is 24.5 Å². The van der Waals surface area contributed by atoms with Crippen LogP contribution in [0.4, 0.5) is 0 Å². The molecule has 1 saturated heterocycles. The average Bonchev–Trinajstić information content (AvgIpc) is 3.42. The summed E-state index contributed by atoms with van der Waals surface area (Å²) in [5.41, 5.74) is 2.10. The Morgan fingerprint density at radius 1 is 1.27 bits per heavy atom. The number of hydrogen-bond donors (Lipinski definition) is 1. The van der Waals surface area contributed by atoms with Gasteiger partial charge in [-0.2, -0.15) is 0 Å². The lowest BCUT2D eigenvalue weighted by atomic mass is 9.98. The normalized spacial score (nSPS) is 22.7. The SMILES string of the molecule is Cc1ccsc1CN(C(=O)[C@H]1OCC(=O)N[C@@H]1c1ccccc1)C1CC1. The third-order valence-corrected chi connectivity index (χ3v) is 5.98. The summed E-state index contributed by atoms with van der Waals surface area (Å²) >= 11 is 1.68. The van der Waals surface area contributed by atoms with E-state index in [1.807, 2.05) is 35.2 Å². The number of aryl methyl sites for hydroxylation is 1. The summed E-state index contributed by atoms with van der Waals surface area (Å²) in [5.74, 6) is -0.218. The standard InChI is InChI=1S/C20H22N2O3S/c1-13-9-10-26-16(13)11-22(15-7-8-15)20(24)19-18(21-17(23)12-25-19)14-5-3-2-4-6-14/h2-6,9-10,15,18-19H,7-8,11-12H2,1H3,(H,21,23)/t18-,19+/m1/s1. The molecule has 0 radical (unpaired) electrons. The zero-order valence-electron chi connectivity index (χ0n) is 14.7. The third-order valence-electron chi connectivity index (χ3n) is 4.97. The summed E-state index contributed by atoms with van der Waals surface area (Å²) in [6, 6.07) is 11.5. The number of thiophene rings is 1. The molecule has 5 nitrogen and oxygen atoms in total. The quantitative estimate of drug-likeness (QED) is 0.880. The molecule has 1 aliphatic heterocycles. The fourth-order valence-corrected chi connectivity index (χ4v) is 4.25. The predicted octanol–water partition coefficient (Wildman–Crippen LogP) is 2.80. The first-order valence-electron chi connectivity index (χ1n) is 8.93. The van der Waals surface area contributed by atoms with Gasteiger partial charge < -0.3 is 15.0 Å². The Morgan fingerprint density at radius 3 is 2.69 bits per heavy atom. The Kier molecular flexibility index (Phi) is 4.78. The van der Waals surface area contributed by atoms with Crippen LogP contribution in [-0.2, 0) is 20.9 Å². The molecule has 1 aromatic heterocycles. The number of nitrogens with one attached hydrogen (secondary N) is 1. The lowest BCUT2D eigenvalue weighted by molar-refractivity contribution is -0.156. The van der Waals surface area contributed by atoms with Crippen LogP contribution in [0.15, 0.2) is 41.8 Å². The first kappa shape index (κ1) is 17.2. The van der Waals surface area contributed by atoms with Crippen LogP contribution in [0.3, 0.4) is 0 Å². The third kappa shape index (κ3) is 3.52. The van der Waals surface area contributed by atoms with Gasteiger partial charge in [0.05, 0.1) is 12.6 Å². The van der Waals surface area contributed by atoms with Gasteiger partial charge in [0.2, 0.25) is 5.91 Å². The number of ether oxygens (including phenoxy) is 1. The summed E-state index contributed by atoms with van der Waals surface area (Å²) < 4.78 is 5.73. The van der Waals surface area contributed by atoms with Crippen LogP contribution in [0.1, 0.15) is 34.9 Å². The second-order valence-electron chi connectivity index (χ2n) is 6.91. The van der Waals surface area contributed by atoms with Crippen LogP contribution in [-0.4, -0.2) is 35.5 Å². The first-order chi connectivity index (χ1) is 12.6. The highest BCUT2D eigenvalue weighted by atomic mass is 32.1. The highest BCUT2D eigenvalue weighted by Gasteiger charge is 2.42. The number of benzene rings is 1. The first-order valence-corrected chi connectivity index (χ1v) is 9.81. The van der Waals surface area contributed by atoms with E-state index in [0.717, 1.165) is 18.4 Å². The van der Waals surface area contributed by atoms with E-state index in [9.17, 15) is 9.59 Å². The molecule has 4 rings (SSSR count). The fourth-order valence-electron chi connectivity index (χ4n) is 3.34. The summed E-state index contributed by atoms with van der Waals surface area (Å²) in [5, 5.41) is 5.00. The van der Waals surface area contributed by atoms with Gasteiger partial charge in [-0.25, -0.2) is 0 Å². The number of carbonyl (C=O) groups excluding carboxylic acids is 2. The number of hydrogen-bond acceptors (Lipinski definition) is 4. The molecule has 1 aliphatic carbocycles. The van der Waals surface area contributed by atoms with Crippen molar-refractivity contribution in [2.75, 3.05) is 6.61 Å². The molecule has 2 amide bonds. The molecule has 0 unspecified atom stereocenters. The number of amides is 2. The van der Waals surface area contributed by atoms with Gasteiger partial charge in [-0.3, -0.25) is 9.59 Å². The molecule has 2 fully saturated rings. The zero-order valence-corrected chi connectivity index (χ0v) is 15.5. The minimum Gasteiger partial charge on any atom is -0.356 e. The molecule has 2 aromatic rings. The number of rotatable bonds is 5. The van der Waals surface area contributed by atoms with Crippen molar-refractivity contribution in [1.82, 2.24) is 10.2 Å². The molecule has 2 aliphatic rings. The Bertz CT molecular complexity index is 800. The van der Waals surface area contributed by atoms with Crippen molar-refractivity contribution in [3.63, 3.8) is 0 Å². The average molecular weight is 370 g/mol. The molecular formula is C20H22N2O3S. The van der Waals surface area contributed by atoms with Gasteiger partial charge in [-0.15, -0.1) is 11.3 Å². The van der Waals surface area contributed by atoms with E-state index in [1.54, 1.807) is 11.3 Å². The Labute approximate surface area is 157 Å². The molecule has 26 heavy (non-hydrogen) atoms. The van der Waals surface area contributed by atoms with E-state index < -0.39 is 12.1 Å². The Hall–Kier alpha value is -2.18. The van der Waals surface area contributed by atoms with Crippen LogP contribution in [0.5, 0.6) is 0 Å². The highest BCUT2D eigenvalue weighted by Crippen LogP contribution is 2.33. The second kappa shape index (κ2) is 7.21. The summed E-state index contributed by atoms with van der Waals surface area (Å²) in [7, 11) is 0. The maximum absolute atomic E-state index is 13.4. The zero-order chi connectivity index (χ0) is 18.1. The number of nitrogens with zero attached hydrogens (tertiary/aromatic N) is 1. The minimum absolute atomic E-state index is 0.0332. The molecule has 1 aromatic carbocycles. The van der Waals surface area contributed by atoms with Crippen LogP contribution >= 0.6 is 11.3 Å². The van der Waals surface area contributed by atoms with Crippen LogP contribution in [0.25, 0.3) is 0 Å². The van der Waals surface area contributed by atoms with Gasteiger partial charge in [0.1, 0.15) is 6.61 Å². The number of carbonyl (C=O) groups is 2. The van der Waals surface area contributed by atoms with Crippen molar-refractivity contribution in [3.8, 4) is 0 Å². The topological polar surface area (TPSA) is 58.6 Å². The molecule has 2 heterocycles. The van der Waals surface area contributed by atoms with E-state index in [1.165, 1.54) is 10.4 Å². The van der Waals surface area contributed by atoms with E-state index in [0.29, 0.717) is 6.54 Å². The lowest BCUT2D eigenvalue weighted by Crippen LogP contribution is -2.53. The van der Waals surface area contributed by atoms with Gasteiger partial charge in [-0.05, 0) is 42.3 Å². The van der Waals surface area contributed by atoms with Crippen molar-refractivity contribution in [2.24, 2.45) is 0 Å². The van der Waals surface area contributed by atoms with Crippen molar-refractivity contribution in [2.45, 2.75) is 44.5 Å². The predicted molar refractivity (Wildman–Crippen MR) is 99.7 cm³/mol. The Morgan fingerprint density at radius 2 is 2.04 bits per heavy atom. The molecule has 2 atom stereocenters.